The third kappa shape index (κ3) is 3.55. The number of hydrogen-bond acceptors (Lipinski definition) is 3. The zero-order chi connectivity index (χ0) is 13.1. The van der Waals surface area contributed by atoms with Crippen LogP contribution >= 0.6 is 28.3 Å². The first kappa shape index (κ1) is 9.75. The molecule has 3 nitrogen and oxygen atoms in total. The second kappa shape index (κ2) is 6.93. The first-order chi connectivity index (χ1) is 7.87. The molecule has 1 aromatic carbocycles. The van der Waals surface area contributed by atoms with Crippen molar-refractivity contribution in [1.82, 2.24) is 0 Å². The molecule has 0 atom stereocenters. The average molecular weight is 300 g/mol. The summed E-state index contributed by atoms with van der Waals surface area (Å²) < 4.78 is 31.8. The van der Waals surface area contributed by atoms with Crippen molar-refractivity contribution in [2.24, 2.45) is 5.73 Å². The van der Waals surface area contributed by atoms with Gasteiger partial charge in [-0.1, -0.05) is 0 Å². The van der Waals surface area contributed by atoms with E-state index < -0.39 is 7.04 Å². The van der Waals surface area contributed by atoms with Crippen LogP contribution < -0.4 is 15.2 Å². The van der Waals surface area contributed by atoms with Gasteiger partial charge in [0.15, 0.2) is 0 Å². The minimum Gasteiger partial charge on any atom is -0.496 e. The number of ether oxygens (including phenoxy) is 2. The van der Waals surface area contributed by atoms with E-state index in [-0.39, 0.29) is 18.2 Å². The van der Waals surface area contributed by atoms with Crippen LogP contribution in [0.3, 0.4) is 0 Å². The highest BCUT2D eigenvalue weighted by Gasteiger charge is 2.08. The molecular weight excluding hydrogens is 281 g/mol. The van der Waals surface area contributed by atoms with E-state index in [1.54, 1.807) is 19.2 Å². The Bertz CT molecular complexity index is 401. The monoisotopic (exact) mass is 298 g/mol. The molecule has 0 aliphatic carbocycles. The zero-order valence-electron chi connectivity index (χ0n) is 11.2. The molecule has 0 fully saturated rings. The molecule has 0 aliphatic heterocycles. The second-order valence-corrected chi connectivity index (χ2v) is 3.59. The molecule has 0 spiro atoms. The van der Waals surface area contributed by atoms with E-state index in [2.05, 4.69) is 15.9 Å². The largest absolute Gasteiger partial charge is 0.496 e. The summed E-state index contributed by atoms with van der Waals surface area (Å²) in [5.41, 5.74) is 6.30. The summed E-state index contributed by atoms with van der Waals surface area (Å²) in [6.45, 7) is 0.450. The number of methoxy groups -OCH3 is 2. The lowest BCUT2D eigenvalue weighted by Gasteiger charge is -2.11. The van der Waals surface area contributed by atoms with Crippen LogP contribution in [0.5, 0.6) is 11.5 Å². The van der Waals surface area contributed by atoms with Gasteiger partial charge in [-0.05, 0) is 46.6 Å². The van der Waals surface area contributed by atoms with Gasteiger partial charge in [-0.2, -0.15) is 0 Å². The Kier molecular flexibility index (Phi) is 4.51. The second-order valence-electron chi connectivity index (χ2n) is 2.74. The van der Waals surface area contributed by atoms with Gasteiger partial charge in [0.1, 0.15) is 11.5 Å². The Hall–Kier alpha value is -0.450. The molecule has 0 amide bonds. The summed E-state index contributed by atoms with van der Waals surface area (Å²) in [4.78, 5) is 0. The van der Waals surface area contributed by atoms with E-state index in [0.29, 0.717) is 23.2 Å². The summed E-state index contributed by atoms with van der Waals surface area (Å²) in [7, 11) is -0.927. The number of rotatable bonds is 4. The van der Waals surface area contributed by atoms with Gasteiger partial charge in [-0.25, -0.2) is 0 Å². The van der Waals surface area contributed by atoms with E-state index in [4.69, 9.17) is 19.3 Å². The van der Waals surface area contributed by atoms with Gasteiger partial charge in [0.05, 0.1) is 22.7 Å². The quantitative estimate of drug-likeness (QED) is 0.928. The van der Waals surface area contributed by atoms with Crippen molar-refractivity contribution < 1.29 is 13.6 Å². The maximum atomic E-state index is 7.07. The maximum Gasteiger partial charge on any atom is 0.133 e. The Labute approximate surface area is 109 Å². The van der Waals surface area contributed by atoms with E-state index in [1.165, 1.54) is 0 Å². The molecule has 5 heteroatoms. The zero-order valence-corrected chi connectivity index (χ0v) is 10.7. The SMILES string of the molecule is Cl.[2H]C([2H])([2H])Oc1cc(CCN)c(OC)cc1Br. The van der Waals surface area contributed by atoms with Gasteiger partial charge in [-0.15, -0.1) is 12.4 Å². The molecule has 86 valence electrons. The van der Waals surface area contributed by atoms with Crippen molar-refractivity contribution in [3.63, 3.8) is 0 Å². The van der Waals surface area contributed by atoms with Crippen molar-refractivity contribution in [1.29, 1.82) is 0 Å². The van der Waals surface area contributed by atoms with E-state index in [9.17, 15) is 0 Å². The van der Waals surface area contributed by atoms with Crippen molar-refractivity contribution in [3.8, 4) is 11.5 Å². The predicted molar refractivity (Wildman–Crippen MR) is 67.3 cm³/mol. The van der Waals surface area contributed by atoms with Crippen LogP contribution in [-0.4, -0.2) is 20.7 Å². The first-order valence-corrected chi connectivity index (χ1v) is 4.92. The summed E-state index contributed by atoms with van der Waals surface area (Å²) in [6.07, 6.45) is 0.591. The number of hydrogen-bond donors (Lipinski definition) is 1. The fraction of sp³-hybridized carbons (Fsp3) is 0.400. The lowest BCUT2D eigenvalue weighted by Crippen LogP contribution is -2.04. The van der Waals surface area contributed by atoms with E-state index in [1.807, 2.05) is 0 Å². The Morgan fingerprint density at radius 1 is 1.40 bits per heavy atom. The van der Waals surface area contributed by atoms with Gasteiger partial charge in [-0.3, -0.25) is 0 Å². The van der Waals surface area contributed by atoms with Crippen LogP contribution in [0.4, 0.5) is 0 Å². The maximum absolute atomic E-state index is 7.07. The molecule has 0 unspecified atom stereocenters. The number of benzene rings is 1. The van der Waals surface area contributed by atoms with Crippen LogP contribution in [-0.2, 0) is 6.42 Å². The van der Waals surface area contributed by atoms with Crippen molar-refractivity contribution >= 4 is 28.3 Å². The molecular formula is C10H15BrClNO2. The third-order valence-electron chi connectivity index (χ3n) is 1.86. The minimum absolute atomic E-state index is 0. The summed E-state index contributed by atoms with van der Waals surface area (Å²) in [6, 6.07) is 3.30. The molecule has 0 saturated heterocycles. The van der Waals surface area contributed by atoms with Crippen molar-refractivity contribution in [2.75, 3.05) is 20.7 Å². The lowest BCUT2D eigenvalue weighted by molar-refractivity contribution is 0.397. The Morgan fingerprint density at radius 3 is 2.67 bits per heavy atom. The van der Waals surface area contributed by atoms with Crippen molar-refractivity contribution in [3.05, 3.63) is 22.2 Å². The van der Waals surface area contributed by atoms with Crippen LogP contribution in [0.1, 0.15) is 9.68 Å². The Morgan fingerprint density at radius 2 is 2.13 bits per heavy atom. The summed E-state index contributed by atoms with van der Waals surface area (Å²) in [5.74, 6) is 0.912. The van der Waals surface area contributed by atoms with Gasteiger partial charge in [0.25, 0.3) is 0 Å². The highest BCUT2D eigenvalue weighted by atomic mass is 79.9. The molecule has 1 rings (SSSR count). The topological polar surface area (TPSA) is 44.5 Å². The number of halogens is 2. The molecule has 15 heavy (non-hydrogen) atoms. The van der Waals surface area contributed by atoms with Crippen LogP contribution in [0.15, 0.2) is 16.6 Å². The lowest BCUT2D eigenvalue weighted by atomic mass is 10.1. The minimum atomic E-state index is -2.48. The predicted octanol–water partition coefficient (Wildman–Crippen LogP) is 2.39. The molecule has 0 aromatic heterocycles. The van der Waals surface area contributed by atoms with E-state index in [0.717, 1.165) is 5.56 Å². The molecule has 0 aliphatic rings. The molecule has 0 saturated carbocycles. The smallest absolute Gasteiger partial charge is 0.133 e. The fourth-order valence-corrected chi connectivity index (χ4v) is 1.60. The normalized spacial score (nSPS) is 13.1. The first-order valence-electron chi connectivity index (χ1n) is 5.63. The highest BCUT2D eigenvalue weighted by Crippen LogP contribution is 2.32. The van der Waals surface area contributed by atoms with Crippen molar-refractivity contribution in [2.45, 2.75) is 6.42 Å². The number of nitrogens with two attached hydrogens (primary N) is 1. The van der Waals surface area contributed by atoms with Gasteiger partial charge < -0.3 is 15.2 Å². The van der Waals surface area contributed by atoms with Crippen LogP contribution in [0.25, 0.3) is 0 Å². The molecule has 2 N–H and O–H groups in total. The van der Waals surface area contributed by atoms with Gasteiger partial charge in [0, 0.05) is 0 Å². The summed E-state index contributed by atoms with van der Waals surface area (Å²) >= 11 is 3.24. The van der Waals surface area contributed by atoms with Crippen LogP contribution in [0, 0.1) is 0 Å². The standard InChI is InChI=1S/C10H14BrNO2.ClH/c1-13-9-6-8(11)10(14-2)5-7(9)3-4-12;/h5-6H,3-4,12H2,1-2H3;1H/i2D3;. The average Bonchev–Trinajstić information content (AvgIpc) is 2.21. The van der Waals surface area contributed by atoms with Gasteiger partial charge in [0.2, 0.25) is 0 Å². The molecule has 0 heterocycles. The van der Waals surface area contributed by atoms with E-state index >= 15 is 0 Å². The fourth-order valence-electron chi connectivity index (χ4n) is 1.20. The highest BCUT2D eigenvalue weighted by molar-refractivity contribution is 9.10. The molecule has 0 bridgehead atoms. The molecule has 0 radical (unpaired) electrons. The Balaban J connectivity index is 0.00000289. The third-order valence-corrected chi connectivity index (χ3v) is 2.48. The van der Waals surface area contributed by atoms with Crippen LogP contribution in [0.2, 0.25) is 0 Å². The summed E-state index contributed by atoms with van der Waals surface area (Å²) in [5, 5.41) is 0. The molecule has 1 aromatic rings. The van der Waals surface area contributed by atoms with Gasteiger partial charge >= 0.3 is 0 Å².